The molecular weight excluding hydrogens is 200 g/mol. The molecule has 0 N–H and O–H groups in total. The lowest BCUT2D eigenvalue weighted by Crippen LogP contribution is -2.45. The molecule has 0 aromatic carbocycles. The molecule has 0 aliphatic carbocycles. The largest absolute Gasteiger partial charge is 0.467 e. The Hall–Kier alpha value is -1.36. The van der Waals surface area contributed by atoms with Gasteiger partial charge in [-0.05, 0) is 6.08 Å². The van der Waals surface area contributed by atoms with E-state index in [1.807, 2.05) is 0 Å². The molecule has 3 aliphatic rings. The summed E-state index contributed by atoms with van der Waals surface area (Å²) in [5, 5.41) is 0. The third kappa shape index (κ3) is 0.866. The summed E-state index contributed by atoms with van der Waals surface area (Å²) in [4.78, 5) is 23.2. The molecule has 4 atom stereocenters. The number of carbonyl (C=O) groups excluding carboxylic acids is 2. The minimum Gasteiger partial charge on any atom is -0.467 e. The Morgan fingerprint density at radius 1 is 1.67 bits per heavy atom. The molecule has 3 rings (SSSR count). The van der Waals surface area contributed by atoms with Crippen LogP contribution in [0.1, 0.15) is 0 Å². The topological polar surface area (TPSA) is 61.8 Å². The van der Waals surface area contributed by atoms with Crippen molar-refractivity contribution in [2.75, 3.05) is 13.7 Å². The third-order valence-electron chi connectivity index (χ3n) is 3.35. The lowest BCUT2D eigenvalue weighted by Gasteiger charge is -2.23. The first-order chi connectivity index (χ1) is 7.19. The highest BCUT2D eigenvalue weighted by Crippen LogP contribution is 2.50. The summed E-state index contributed by atoms with van der Waals surface area (Å²) in [5.41, 5.74) is -1.22. The van der Waals surface area contributed by atoms with Crippen LogP contribution in [0.3, 0.4) is 0 Å². The predicted molar refractivity (Wildman–Crippen MR) is 46.7 cm³/mol. The molecule has 15 heavy (non-hydrogen) atoms. The summed E-state index contributed by atoms with van der Waals surface area (Å²) in [6.07, 6.45) is 3.23. The number of hydrogen-bond acceptors (Lipinski definition) is 5. The first kappa shape index (κ1) is 8.91. The van der Waals surface area contributed by atoms with Gasteiger partial charge in [0.25, 0.3) is 0 Å². The smallest absolute Gasteiger partial charge is 0.343 e. The maximum atomic E-state index is 11.7. The van der Waals surface area contributed by atoms with E-state index >= 15 is 0 Å². The Morgan fingerprint density at radius 3 is 3.20 bits per heavy atom. The zero-order chi connectivity index (χ0) is 10.6. The van der Waals surface area contributed by atoms with Crippen molar-refractivity contribution in [2.24, 2.45) is 11.8 Å². The van der Waals surface area contributed by atoms with Crippen molar-refractivity contribution in [2.45, 2.75) is 11.7 Å². The SMILES string of the molecule is COC(=O)[C@]12C=C[C@H](O1)[C@H]1COC(=O)[C@@H]12. The van der Waals surface area contributed by atoms with E-state index in [1.54, 1.807) is 12.2 Å². The van der Waals surface area contributed by atoms with E-state index in [-0.39, 0.29) is 18.0 Å². The number of rotatable bonds is 1. The van der Waals surface area contributed by atoms with Gasteiger partial charge in [-0.3, -0.25) is 4.79 Å². The van der Waals surface area contributed by atoms with Crippen LogP contribution >= 0.6 is 0 Å². The van der Waals surface area contributed by atoms with Crippen LogP contribution in [0.25, 0.3) is 0 Å². The van der Waals surface area contributed by atoms with Gasteiger partial charge in [0.1, 0.15) is 5.92 Å². The van der Waals surface area contributed by atoms with Crippen molar-refractivity contribution in [1.82, 2.24) is 0 Å². The molecule has 2 saturated heterocycles. The molecule has 0 amide bonds. The van der Waals surface area contributed by atoms with Crippen LogP contribution in [0.15, 0.2) is 12.2 Å². The van der Waals surface area contributed by atoms with Gasteiger partial charge in [0.05, 0.1) is 19.8 Å². The van der Waals surface area contributed by atoms with Crippen LogP contribution in [0.4, 0.5) is 0 Å². The van der Waals surface area contributed by atoms with E-state index in [0.717, 1.165) is 0 Å². The number of hydrogen-bond donors (Lipinski definition) is 0. The van der Waals surface area contributed by atoms with Crippen LogP contribution in [0, 0.1) is 11.8 Å². The highest BCUT2D eigenvalue weighted by molar-refractivity contribution is 5.92. The summed E-state index contributed by atoms with van der Waals surface area (Å²) in [6, 6.07) is 0. The van der Waals surface area contributed by atoms with Gasteiger partial charge in [-0.25, -0.2) is 4.79 Å². The van der Waals surface area contributed by atoms with Gasteiger partial charge in [-0.2, -0.15) is 0 Å². The predicted octanol–water partition coefficient (Wildman–Crippen LogP) is -0.344. The molecule has 0 aromatic heterocycles. The lowest BCUT2D eigenvalue weighted by molar-refractivity contribution is -0.168. The molecule has 0 aromatic rings. The number of cyclic esters (lactones) is 1. The highest BCUT2D eigenvalue weighted by Gasteiger charge is 2.67. The zero-order valence-corrected chi connectivity index (χ0v) is 8.14. The van der Waals surface area contributed by atoms with Crippen LogP contribution in [-0.2, 0) is 23.8 Å². The molecule has 0 radical (unpaired) electrons. The summed E-state index contributed by atoms with van der Waals surface area (Å²) in [6.45, 7) is 0.331. The second kappa shape index (κ2) is 2.61. The molecule has 2 bridgehead atoms. The van der Waals surface area contributed by atoms with Crippen LogP contribution < -0.4 is 0 Å². The molecule has 3 aliphatic heterocycles. The van der Waals surface area contributed by atoms with Gasteiger partial charge in [0, 0.05) is 5.92 Å². The number of esters is 2. The molecule has 5 heteroatoms. The second-order valence-corrected chi connectivity index (χ2v) is 4.00. The zero-order valence-electron chi connectivity index (χ0n) is 8.14. The Morgan fingerprint density at radius 2 is 2.47 bits per heavy atom. The molecule has 80 valence electrons. The van der Waals surface area contributed by atoms with Gasteiger partial charge in [-0.15, -0.1) is 0 Å². The molecule has 5 nitrogen and oxygen atoms in total. The quantitative estimate of drug-likeness (QED) is 0.437. The molecule has 0 unspecified atom stereocenters. The summed E-state index contributed by atoms with van der Waals surface area (Å²) in [5.74, 6) is -1.45. The van der Waals surface area contributed by atoms with Crippen molar-refractivity contribution in [1.29, 1.82) is 0 Å². The van der Waals surface area contributed by atoms with Crippen molar-refractivity contribution in [3.8, 4) is 0 Å². The van der Waals surface area contributed by atoms with Gasteiger partial charge < -0.3 is 14.2 Å². The summed E-state index contributed by atoms with van der Waals surface area (Å²) in [7, 11) is 1.29. The molecular formula is C10H10O5. The van der Waals surface area contributed by atoms with Gasteiger partial charge >= 0.3 is 11.9 Å². The Bertz CT molecular complexity index is 374. The minimum atomic E-state index is -1.22. The summed E-state index contributed by atoms with van der Waals surface area (Å²) < 4.78 is 15.2. The number of fused-ring (bicyclic) bond motifs is 5. The average Bonchev–Trinajstić information content (AvgIpc) is 2.89. The normalized spacial score (nSPS) is 45.4. The number of methoxy groups -OCH3 is 1. The standard InChI is InChI=1S/C10H10O5/c1-13-9(12)10-3-2-6(15-10)5-4-14-8(11)7(5)10/h2-3,5-7H,4H2,1H3/t5-,6+,7-,10-/m1/s1. The minimum absolute atomic E-state index is 0.0402. The van der Waals surface area contributed by atoms with Gasteiger partial charge in [0.2, 0.25) is 0 Å². The lowest BCUT2D eigenvalue weighted by atomic mass is 9.77. The van der Waals surface area contributed by atoms with Crippen LogP contribution in [0.5, 0.6) is 0 Å². The Balaban J connectivity index is 2.06. The number of ether oxygens (including phenoxy) is 3. The second-order valence-electron chi connectivity index (χ2n) is 4.00. The maximum Gasteiger partial charge on any atom is 0.343 e. The summed E-state index contributed by atoms with van der Waals surface area (Å²) >= 11 is 0. The van der Waals surface area contributed by atoms with Gasteiger partial charge in [0.15, 0.2) is 5.60 Å². The van der Waals surface area contributed by atoms with E-state index in [0.29, 0.717) is 6.61 Å². The van der Waals surface area contributed by atoms with Crippen LogP contribution in [-0.4, -0.2) is 37.4 Å². The Kier molecular flexibility index (Phi) is 1.55. The first-order valence-corrected chi connectivity index (χ1v) is 4.81. The Labute approximate surface area is 86.0 Å². The molecule has 2 fully saturated rings. The van der Waals surface area contributed by atoms with E-state index in [1.165, 1.54) is 7.11 Å². The molecule has 3 heterocycles. The highest BCUT2D eigenvalue weighted by atomic mass is 16.6. The molecule has 0 spiro atoms. The maximum absolute atomic E-state index is 11.7. The fourth-order valence-corrected chi connectivity index (χ4v) is 2.67. The van der Waals surface area contributed by atoms with E-state index in [2.05, 4.69) is 4.74 Å². The average molecular weight is 210 g/mol. The monoisotopic (exact) mass is 210 g/mol. The van der Waals surface area contributed by atoms with Crippen molar-refractivity contribution >= 4 is 11.9 Å². The van der Waals surface area contributed by atoms with Crippen molar-refractivity contribution in [3.05, 3.63) is 12.2 Å². The fourth-order valence-electron chi connectivity index (χ4n) is 2.67. The van der Waals surface area contributed by atoms with E-state index < -0.39 is 17.5 Å². The van der Waals surface area contributed by atoms with Crippen molar-refractivity contribution in [3.63, 3.8) is 0 Å². The van der Waals surface area contributed by atoms with Crippen LogP contribution in [0.2, 0.25) is 0 Å². The fraction of sp³-hybridized carbons (Fsp3) is 0.600. The van der Waals surface area contributed by atoms with E-state index in [9.17, 15) is 9.59 Å². The third-order valence-corrected chi connectivity index (χ3v) is 3.35. The molecule has 0 saturated carbocycles. The van der Waals surface area contributed by atoms with Crippen molar-refractivity contribution < 1.29 is 23.8 Å². The first-order valence-electron chi connectivity index (χ1n) is 4.81. The number of carbonyl (C=O) groups is 2. The van der Waals surface area contributed by atoms with E-state index in [4.69, 9.17) is 9.47 Å². The van der Waals surface area contributed by atoms with Gasteiger partial charge in [-0.1, -0.05) is 6.08 Å².